The highest BCUT2D eigenvalue weighted by atomic mass is 79.9. The van der Waals surface area contributed by atoms with Gasteiger partial charge in [0.15, 0.2) is 0 Å². The Hall–Kier alpha value is -1.66. The number of ether oxygens (including phenoxy) is 1. The topological polar surface area (TPSA) is 46.6 Å². The average Bonchev–Trinajstić information content (AvgIpc) is 2.60. The molecule has 0 saturated carbocycles. The third-order valence-corrected chi connectivity index (χ3v) is 5.63. The molecule has 1 amide bonds. The minimum Gasteiger partial charge on any atom is -0.488 e. The van der Waals surface area contributed by atoms with Gasteiger partial charge < -0.3 is 9.64 Å². The largest absolute Gasteiger partial charge is 0.488 e. The van der Waals surface area contributed by atoms with Gasteiger partial charge in [0.05, 0.1) is 5.56 Å². The molecule has 1 aliphatic heterocycles. The summed E-state index contributed by atoms with van der Waals surface area (Å²) in [5, 5.41) is 0. The van der Waals surface area contributed by atoms with Gasteiger partial charge in [-0.25, -0.2) is 0 Å². The van der Waals surface area contributed by atoms with Crippen molar-refractivity contribution in [1.29, 1.82) is 0 Å². The standard InChI is InChI=1S/C18H18BrNO3S/c19-15-5-3-4-14(12-15)13-23-17-7-2-1-6-16(17)18(21)20-8-10-24(22)11-9-20/h1-7,12H,8-11,13H2. The summed E-state index contributed by atoms with van der Waals surface area (Å²) in [5.74, 6) is 1.62. The minimum absolute atomic E-state index is 0.0588. The molecule has 1 aliphatic rings. The molecule has 0 unspecified atom stereocenters. The second kappa shape index (κ2) is 7.94. The van der Waals surface area contributed by atoms with E-state index in [2.05, 4.69) is 15.9 Å². The smallest absolute Gasteiger partial charge is 0.257 e. The van der Waals surface area contributed by atoms with E-state index in [9.17, 15) is 9.00 Å². The van der Waals surface area contributed by atoms with Crippen LogP contribution in [0, 0.1) is 0 Å². The summed E-state index contributed by atoms with van der Waals surface area (Å²) in [6.45, 7) is 1.46. The number of carbonyl (C=O) groups excluding carboxylic acids is 1. The molecule has 3 rings (SSSR count). The molecule has 0 aliphatic carbocycles. The third-order valence-electron chi connectivity index (χ3n) is 3.87. The molecular weight excluding hydrogens is 390 g/mol. The molecule has 0 atom stereocenters. The summed E-state index contributed by atoms with van der Waals surface area (Å²) in [4.78, 5) is 14.5. The van der Waals surface area contributed by atoms with E-state index in [0.29, 0.717) is 42.5 Å². The van der Waals surface area contributed by atoms with Gasteiger partial charge in [0.25, 0.3) is 5.91 Å². The van der Waals surface area contributed by atoms with Crippen molar-refractivity contribution in [3.8, 4) is 5.75 Å². The molecule has 2 aromatic carbocycles. The number of amides is 1. The van der Waals surface area contributed by atoms with E-state index in [1.807, 2.05) is 42.5 Å². The first kappa shape index (κ1) is 17.2. The number of carbonyl (C=O) groups is 1. The van der Waals surface area contributed by atoms with Gasteiger partial charge in [-0.1, -0.05) is 40.2 Å². The molecule has 126 valence electrons. The molecule has 0 N–H and O–H groups in total. The highest BCUT2D eigenvalue weighted by Crippen LogP contribution is 2.22. The van der Waals surface area contributed by atoms with Crippen molar-refractivity contribution in [2.45, 2.75) is 6.61 Å². The summed E-state index contributed by atoms with van der Waals surface area (Å²) in [7, 11) is -0.799. The van der Waals surface area contributed by atoms with Crippen LogP contribution in [0.3, 0.4) is 0 Å². The van der Waals surface area contributed by atoms with Crippen molar-refractivity contribution in [3.05, 3.63) is 64.1 Å². The molecular formula is C18H18BrNO3S. The van der Waals surface area contributed by atoms with Crippen molar-refractivity contribution in [2.75, 3.05) is 24.6 Å². The number of hydrogen-bond acceptors (Lipinski definition) is 3. The molecule has 1 heterocycles. The van der Waals surface area contributed by atoms with Crippen molar-refractivity contribution < 1.29 is 13.7 Å². The Morgan fingerprint density at radius 1 is 1.12 bits per heavy atom. The van der Waals surface area contributed by atoms with Gasteiger partial charge in [-0.15, -0.1) is 0 Å². The van der Waals surface area contributed by atoms with Gasteiger partial charge >= 0.3 is 0 Å². The van der Waals surface area contributed by atoms with Crippen LogP contribution in [0.4, 0.5) is 0 Å². The van der Waals surface area contributed by atoms with Crippen molar-refractivity contribution >= 4 is 32.6 Å². The van der Waals surface area contributed by atoms with E-state index in [-0.39, 0.29) is 5.91 Å². The lowest BCUT2D eigenvalue weighted by molar-refractivity contribution is 0.0766. The summed E-state index contributed by atoms with van der Waals surface area (Å²) in [6, 6.07) is 15.2. The molecule has 0 bridgehead atoms. The number of nitrogens with zero attached hydrogens (tertiary/aromatic N) is 1. The Balaban J connectivity index is 1.73. The second-order valence-corrected chi connectivity index (χ2v) is 8.17. The number of para-hydroxylation sites is 1. The minimum atomic E-state index is -0.799. The highest BCUT2D eigenvalue weighted by molar-refractivity contribution is 9.10. The van der Waals surface area contributed by atoms with Crippen LogP contribution in [0.25, 0.3) is 0 Å². The van der Waals surface area contributed by atoms with Gasteiger partial charge in [0.1, 0.15) is 12.4 Å². The molecule has 0 spiro atoms. The quantitative estimate of drug-likeness (QED) is 0.781. The number of benzene rings is 2. The Kier molecular flexibility index (Phi) is 5.68. The first-order valence-corrected chi connectivity index (χ1v) is 10.0. The Morgan fingerprint density at radius 2 is 1.88 bits per heavy atom. The average molecular weight is 408 g/mol. The monoisotopic (exact) mass is 407 g/mol. The third kappa shape index (κ3) is 4.24. The molecule has 0 radical (unpaired) electrons. The maximum atomic E-state index is 12.7. The molecule has 2 aromatic rings. The summed E-state index contributed by atoms with van der Waals surface area (Å²) < 4.78 is 18.3. The lowest BCUT2D eigenvalue weighted by Crippen LogP contribution is -2.41. The van der Waals surface area contributed by atoms with E-state index in [1.165, 1.54) is 0 Å². The van der Waals surface area contributed by atoms with Crippen LogP contribution in [0.1, 0.15) is 15.9 Å². The fourth-order valence-corrected chi connectivity index (χ4v) is 4.07. The van der Waals surface area contributed by atoms with Gasteiger partial charge in [-0.2, -0.15) is 0 Å². The molecule has 0 aromatic heterocycles. The predicted octanol–water partition coefficient (Wildman–Crippen LogP) is 3.23. The first-order valence-electron chi connectivity index (χ1n) is 7.74. The Morgan fingerprint density at radius 3 is 2.62 bits per heavy atom. The van der Waals surface area contributed by atoms with Gasteiger partial charge in [0.2, 0.25) is 0 Å². The van der Waals surface area contributed by atoms with Crippen molar-refractivity contribution in [2.24, 2.45) is 0 Å². The van der Waals surface area contributed by atoms with Gasteiger partial charge in [0, 0.05) is 39.9 Å². The fourth-order valence-electron chi connectivity index (χ4n) is 2.57. The lowest BCUT2D eigenvalue weighted by atomic mass is 10.1. The number of rotatable bonds is 4. The normalized spacial score (nSPS) is 15.3. The van der Waals surface area contributed by atoms with Gasteiger partial charge in [-0.3, -0.25) is 9.00 Å². The second-order valence-electron chi connectivity index (χ2n) is 5.56. The highest BCUT2D eigenvalue weighted by Gasteiger charge is 2.23. The molecule has 1 fully saturated rings. The lowest BCUT2D eigenvalue weighted by Gasteiger charge is -2.27. The van der Waals surface area contributed by atoms with Crippen LogP contribution in [0.5, 0.6) is 5.75 Å². The maximum Gasteiger partial charge on any atom is 0.257 e. The van der Waals surface area contributed by atoms with E-state index in [1.54, 1.807) is 11.0 Å². The summed E-state index contributed by atoms with van der Waals surface area (Å²) in [5.41, 5.74) is 1.58. The maximum absolute atomic E-state index is 12.7. The molecule has 1 saturated heterocycles. The number of hydrogen-bond donors (Lipinski definition) is 0. The van der Waals surface area contributed by atoms with E-state index in [4.69, 9.17) is 4.74 Å². The van der Waals surface area contributed by atoms with E-state index >= 15 is 0 Å². The van der Waals surface area contributed by atoms with Crippen LogP contribution in [-0.2, 0) is 17.4 Å². The first-order chi connectivity index (χ1) is 11.6. The van der Waals surface area contributed by atoms with Crippen LogP contribution in [0.2, 0.25) is 0 Å². The van der Waals surface area contributed by atoms with Crippen LogP contribution < -0.4 is 4.74 Å². The summed E-state index contributed by atoms with van der Waals surface area (Å²) >= 11 is 3.44. The van der Waals surface area contributed by atoms with Crippen LogP contribution >= 0.6 is 15.9 Å². The fraction of sp³-hybridized carbons (Fsp3) is 0.278. The van der Waals surface area contributed by atoms with Crippen molar-refractivity contribution in [1.82, 2.24) is 4.90 Å². The zero-order valence-corrected chi connectivity index (χ0v) is 15.5. The Labute approximate surface area is 152 Å². The molecule has 4 nitrogen and oxygen atoms in total. The SMILES string of the molecule is O=C(c1ccccc1OCc1cccc(Br)c1)N1CCS(=O)CC1. The van der Waals surface area contributed by atoms with Crippen molar-refractivity contribution in [3.63, 3.8) is 0 Å². The van der Waals surface area contributed by atoms with Gasteiger partial charge in [-0.05, 0) is 29.8 Å². The molecule has 6 heteroatoms. The predicted molar refractivity (Wildman–Crippen MR) is 98.7 cm³/mol. The summed E-state index contributed by atoms with van der Waals surface area (Å²) in [6.07, 6.45) is 0. The van der Waals surface area contributed by atoms with E-state index < -0.39 is 10.8 Å². The zero-order chi connectivity index (χ0) is 16.9. The van der Waals surface area contributed by atoms with Crippen LogP contribution in [0.15, 0.2) is 53.0 Å². The Bertz CT molecular complexity index is 755. The zero-order valence-electron chi connectivity index (χ0n) is 13.1. The van der Waals surface area contributed by atoms with E-state index in [0.717, 1.165) is 10.0 Å². The number of halogens is 1. The van der Waals surface area contributed by atoms with Crippen LogP contribution in [-0.4, -0.2) is 39.6 Å². The molecule has 24 heavy (non-hydrogen) atoms.